The van der Waals surface area contributed by atoms with Gasteiger partial charge in [0.25, 0.3) is 0 Å². The van der Waals surface area contributed by atoms with Crippen LogP contribution < -0.4 is 11.1 Å². The van der Waals surface area contributed by atoms with Gasteiger partial charge in [-0.2, -0.15) is 0 Å². The maximum absolute atomic E-state index is 12.0. The predicted molar refractivity (Wildman–Crippen MR) is 83.8 cm³/mol. The lowest BCUT2D eigenvalue weighted by Gasteiger charge is -2.13. The van der Waals surface area contributed by atoms with Gasteiger partial charge in [-0.3, -0.25) is 0 Å². The number of carbonyl (C=O) groups is 1. The van der Waals surface area contributed by atoms with Crippen molar-refractivity contribution in [1.82, 2.24) is 4.98 Å². The summed E-state index contributed by atoms with van der Waals surface area (Å²) < 4.78 is 5.04. The van der Waals surface area contributed by atoms with E-state index in [9.17, 15) is 4.79 Å². The number of hydrogen-bond donors (Lipinski definition) is 2. The zero-order chi connectivity index (χ0) is 15.4. The van der Waals surface area contributed by atoms with Crippen molar-refractivity contribution in [3.63, 3.8) is 0 Å². The largest absolute Gasteiger partial charge is 0.462 e. The summed E-state index contributed by atoms with van der Waals surface area (Å²) in [5.74, 6) is -0.000771. The topological polar surface area (TPSA) is 77.2 Å². The van der Waals surface area contributed by atoms with E-state index in [1.807, 2.05) is 26.0 Å². The van der Waals surface area contributed by atoms with Gasteiger partial charge in [0.05, 0.1) is 18.5 Å². The van der Waals surface area contributed by atoms with Crippen LogP contribution in [0, 0.1) is 13.8 Å². The highest BCUT2D eigenvalue weighted by atomic mass is 16.5. The van der Waals surface area contributed by atoms with E-state index < -0.39 is 5.97 Å². The number of carbonyl (C=O) groups excluding carboxylic acids is 1. The van der Waals surface area contributed by atoms with E-state index in [0.717, 1.165) is 11.3 Å². The van der Waals surface area contributed by atoms with Gasteiger partial charge < -0.3 is 15.8 Å². The van der Waals surface area contributed by atoms with Crippen molar-refractivity contribution in [2.24, 2.45) is 0 Å². The van der Waals surface area contributed by atoms with Gasteiger partial charge in [0.15, 0.2) is 0 Å². The molecule has 1 aromatic heterocycles. The third-order valence-corrected chi connectivity index (χ3v) is 3.04. The summed E-state index contributed by atoms with van der Waals surface area (Å²) in [7, 11) is 0. The fourth-order valence-corrected chi connectivity index (χ4v) is 2.03. The normalized spacial score (nSPS) is 10.2. The third kappa shape index (κ3) is 3.51. The second-order valence-corrected chi connectivity index (χ2v) is 4.83. The van der Waals surface area contributed by atoms with Crippen LogP contribution in [0.15, 0.2) is 30.5 Å². The fourth-order valence-electron chi connectivity index (χ4n) is 2.03. The van der Waals surface area contributed by atoms with Gasteiger partial charge in [-0.15, -0.1) is 0 Å². The number of nitrogens with zero attached hydrogens (tertiary/aromatic N) is 1. The smallest absolute Gasteiger partial charge is 0.341 e. The number of aromatic nitrogens is 1. The highest BCUT2D eigenvalue weighted by molar-refractivity contribution is 5.96. The van der Waals surface area contributed by atoms with Gasteiger partial charge in [0, 0.05) is 5.69 Å². The number of nitrogen functional groups attached to an aromatic ring is 1. The molecular weight excluding hydrogens is 266 g/mol. The summed E-state index contributed by atoms with van der Waals surface area (Å²) in [6.07, 6.45) is 1.51. The van der Waals surface area contributed by atoms with Crippen LogP contribution in [0.5, 0.6) is 0 Å². The van der Waals surface area contributed by atoms with Crippen LogP contribution >= 0.6 is 0 Å². The molecule has 1 heterocycles. The van der Waals surface area contributed by atoms with Crippen LogP contribution in [0.4, 0.5) is 17.2 Å². The number of pyridine rings is 1. The van der Waals surface area contributed by atoms with Crippen LogP contribution in [0.1, 0.15) is 28.4 Å². The summed E-state index contributed by atoms with van der Waals surface area (Å²) in [6, 6.07) is 7.58. The third-order valence-electron chi connectivity index (χ3n) is 3.04. The quantitative estimate of drug-likeness (QED) is 0.843. The zero-order valence-electron chi connectivity index (χ0n) is 12.4. The highest BCUT2D eigenvalue weighted by Gasteiger charge is 2.15. The minimum Gasteiger partial charge on any atom is -0.462 e. The number of esters is 1. The number of nitrogens with one attached hydrogen (secondary N) is 1. The van der Waals surface area contributed by atoms with Gasteiger partial charge in [-0.1, -0.05) is 17.7 Å². The van der Waals surface area contributed by atoms with Crippen LogP contribution in [0.25, 0.3) is 0 Å². The number of rotatable bonds is 4. The van der Waals surface area contributed by atoms with Crippen molar-refractivity contribution in [3.8, 4) is 0 Å². The van der Waals surface area contributed by atoms with Crippen molar-refractivity contribution in [3.05, 3.63) is 47.2 Å². The molecule has 0 amide bonds. The van der Waals surface area contributed by atoms with Gasteiger partial charge in [0.1, 0.15) is 11.4 Å². The van der Waals surface area contributed by atoms with E-state index in [1.54, 1.807) is 13.0 Å². The average molecular weight is 285 g/mol. The molecule has 0 spiro atoms. The fraction of sp³-hybridized carbons (Fsp3) is 0.250. The summed E-state index contributed by atoms with van der Waals surface area (Å²) in [5.41, 5.74) is 9.60. The molecule has 0 fully saturated rings. The molecule has 21 heavy (non-hydrogen) atoms. The first-order valence-corrected chi connectivity index (χ1v) is 6.78. The van der Waals surface area contributed by atoms with Gasteiger partial charge >= 0.3 is 5.97 Å². The number of benzene rings is 1. The molecule has 0 aliphatic rings. The van der Waals surface area contributed by atoms with Gasteiger partial charge in [-0.05, 0) is 38.5 Å². The van der Waals surface area contributed by atoms with E-state index in [2.05, 4.69) is 16.4 Å². The minimum atomic E-state index is -0.440. The first kappa shape index (κ1) is 14.8. The van der Waals surface area contributed by atoms with E-state index in [0.29, 0.717) is 23.7 Å². The summed E-state index contributed by atoms with van der Waals surface area (Å²) in [4.78, 5) is 16.2. The molecule has 0 saturated carbocycles. The molecule has 1 aromatic carbocycles. The second kappa shape index (κ2) is 6.26. The molecule has 0 aliphatic carbocycles. The maximum Gasteiger partial charge on any atom is 0.341 e. The molecule has 3 N–H and O–H groups in total. The van der Waals surface area contributed by atoms with Crippen LogP contribution in [-0.4, -0.2) is 17.6 Å². The Morgan fingerprint density at radius 3 is 2.76 bits per heavy atom. The standard InChI is InChI=1S/C16H19N3O2/c1-4-21-16(20)13-8-12(17)9-18-15(13)19-14-6-5-10(2)7-11(14)3/h5-9H,4,17H2,1-3H3,(H,18,19). The van der Waals surface area contributed by atoms with E-state index in [1.165, 1.54) is 11.8 Å². The van der Waals surface area contributed by atoms with E-state index >= 15 is 0 Å². The minimum absolute atomic E-state index is 0.302. The van der Waals surface area contributed by atoms with Crippen molar-refractivity contribution < 1.29 is 9.53 Å². The lowest BCUT2D eigenvalue weighted by atomic mass is 10.1. The molecule has 0 saturated heterocycles. The maximum atomic E-state index is 12.0. The molecule has 5 heteroatoms. The Morgan fingerprint density at radius 1 is 1.33 bits per heavy atom. The van der Waals surface area contributed by atoms with Crippen molar-refractivity contribution in [2.45, 2.75) is 20.8 Å². The van der Waals surface area contributed by atoms with Crippen molar-refractivity contribution in [2.75, 3.05) is 17.7 Å². The Balaban J connectivity index is 2.37. The number of nitrogens with two attached hydrogens (primary N) is 1. The summed E-state index contributed by atoms with van der Waals surface area (Å²) >= 11 is 0. The molecule has 2 aromatic rings. The molecule has 0 aliphatic heterocycles. The molecule has 0 bridgehead atoms. The highest BCUT2D eigenvalue weighted by Crippen LogP contribution is 2.24. The molecule has 2 rings (SSSR count). The first-order chi connectivity index (χ1) is 10.0. The van der Waals surface area contributed by atoms with Crippen LogP contribution in [-0.2, 0) is 4.74 Å². The SMILES string of the molecule is CCOC(=O)c1cc(N)cnc1Nc1ccc(C)cc1C. The van der Waals surface area contributed by atoms with Gasteiger partial charge in [-0.25, -0.2) is 9.78 Å². The summed E-state index contributed by atoms with van der Waals surface area (Å²) in [6.45, 7) is 6.09. The Morgan fingerprint density at radius 2 is 2.10 bits per heavy atom. The lowest BCUT2D eigenvalue weighted by Crippen LogP contribution is -2.10. The Bertz CT molecular complexity index is 669. The van der Waals surface area contributed by atoms with Gasteiger partial charge in [0.2, 0.25) is 0 Å². The molecule has 5 nitrogen and oxygen atoms in total. The van der Waals surface area contributed by atoms with Crippen molar-refractivity contribution in [1.29, 1.82) is 0 Å². The van der Waals surface area contributed by atoms with E-state index in [4.69, 9.17) is 10.5 Å². The predicted octanol–water partition coefficient (Wildman–Crippen LogP) is 3.20. The lowest BCUT2D eigenvalue weighted by molar-refractivity contribution is 0.0527. The number of aryl methyl sites for hydroxylation is 2. The van der Waals surface area contributed by atoms with E-state index in [-0.39, 0.29) is 0 Å². The Kier molecular flexibility index (Phi) is 4.42. The Hall–Kier alpha value is -2.56. The number of ether oxygens (including phenoxy) is 1. The summed E-state index contributed by atoms with van der Waals surface area (Å²) in [5, 5.41) is 3.17. The molecule has 0 radical (unpaired) electrons. The van der Waals surface area contributed by atoms with Crippen LogP contribution in [0.2, 0.25) is 0 Å². The first-order valence-electron chi connectivity index (χ1n) is 6.78. The Labute approximate surface area is 124 Å². The monoisotopic (exact) mass is 285 g/mol. The second-order valence-electron chi connectivity index (χ2n) is 4.83. The molecule has 0 unspecified atom stereocenters. The molecular formula is C16H19N3O2. The number of anilines is 3. The van der Waals surface area contributed by atoms with Crippen LogP contribution in [0.3, 0.4) is 0 Å². The number of hydrogen-bond acceptors (Lipinski definition) is 5. The zero-order valence-corrected chi connectivity index (χ0v) is 12.4. The molecule has 0 atom stereocenters. The van der Waals surface area contributed by atoms with Crippen molar-refractivity contribution >= 4 is 23.2 Å². The average Bonchev–Trinajstić information content (AvgIpc) is 2.43. The molecule has 110 valence electrons.